The SMILES string of the molecule is Cc1ccccc1CSCC(C)(C)CS. The minimum atomic E-state index is 0.344. The monoisotopic (exact) mass is 240 g/mol. The lowest BCUT2D eigenvalue weighted by molar-refractivity contribution is 0.493. The second-order valence-electron chi connectivity index (χ2n) is 4.74. The van der Waals surface area contributed by atoms with E-state index in [1.54, 1.807) is 0 Å². The zero-order valence-corrected chi connectivity index (χ0v) is 11.5. The van der Waals surface area contributed by atoms with E-state index in [-0.39, 0.29) is 0 Å². The van der Waals surface area contributed by atoms with Gasteiger partial charge in [-0.2, -0.15) is 24.4 Å². The zero-order chi connectivity index (χ0) is 11.3. The largest absolute Gasteiger partial charge is 0.179 e. The molecule has 0 aliphatic heterocycles. The maximum atomic E-state index is 4.37. The molecule has 1 aromatic rings. The average Bonchev–Trinajstić information content (AvgIpc) is 2.21. The first-order chi connectivity index (χ1) is 7.05. The predicted octanol–water partition coefficient (Wildman–Crippen LogP) is 4.18. The number of thioether (sulfide) groups is 1. The van der Waals surface area contributed by atoms with Gasteiger partial charge in [0.15, 0.2) is 0 Å². The fourth-order valence-electron chi connectivity index (χ4n) is 1.25. The second-order valence-corrected chi connectivity index (χ2v) is 6.04. The first-order valence-corrected chi connectivity index (χ1v) is 7.07. The summed E-state index contributed by atoms with van der Waals surface area (Å²) in [7, 11) is 0. The molecule has 84 valence electrons. The Morgan fingerprint density at radius 2 is 1.93 bits per heavy atom. The van der Waals surface area contributed by atoms with E-state index in [0.717, 1.165) is 11.5 Å². The van der Waals surface area contributed by atoms with Crippen LogP contribution in [-0.2, 0) is 5.75 Å². The van der Waals surface area contributed by atoms with Crippen molar-refractivity contribution >= 4 is 24.4 Å². The van der Waals surface area contributed by atoms with Crippen LogP contribution in [0.25, 0.3) is 0 Å². The molecule has 0 unspecified atom stereocenters. The highest BCUT2D eigenvalue weighted by molar-refractivity contribution is 7.98. The summed E-state index contributed by atoms with van der Waals surface area (Å²) in [6.07, 6.45) is 0. The summed E-state index contributed by atoms with van der Waals surface area (Å²) in [5, 5.41) is 0. The van der Waals surface area contributed by atoms with E-state index in [1.807, 2.05) is 11.8 Å². The third-order valence-corrected chi connectivity index (χ3v) is 4.80. The first-order valence-electron chi connectivity index (χ1n) is 5.28. The van der Waals surface area contributed by atoms with Gasteiger partial charge in [0.05, 0.1) is 0 Å². The molecule has 15 heavy (non-hydrogen) atoms. The fourth-order valence-corrected chi connectivity index (χ4v) is 2.82. The topological polar surface area (TPSA) is 0 Å². The lowest BCUT2D eigenvalue weighted by atomic mass is 10.0. The van der Waals surface area contributed by atoms with Crippen LogP contribution in [0.15, 0.2) is 24.3 Å². The molecule has 0 radical (unpaired) electrons. The molecule has 0 aromatic heterocycles. The van der Waals surface area contributed by atoms with Crippen LogP contribution in [0.4, 0.5) is 0 Å². The molecule has 0 spiro atoms. The van der Waals surface area contributed by atoms with E-state index in [2.05, 4.69) is 57.7 Å². The molecule has 0 atom stereocenters. The third-order valence-electron chi connectivity index (χ3n) is 2.44. The summed E-state index contributed by atoms with van der Waals surface area (Å²) in [4.78, 5) is 0. The molecular formula is C13H20S2. The highest BCUT2D eigenvalue weighted by Crippen LogP contribution is 2.26. The number of benzene rings is 1. The summed E-state index contributed by atoms with van der Waals surface area (Å²) in [6, 6.07) is 8.61. The van der Waals surface area contributed by atoms with Crippen LogP contribution in [0.2, 0.25) is 0 Å². The molecule has 0 nitrogen and oxygen atoms in total. The third kappa shape index (κ3) is 4.52. The Bertz CT molecular complexity index is 305. The maximum absolute atomic E-state index is 4.37. The lowest BCUT2D eigenvalue weighted by Crippen LogP contribution is -2.16. The van der Waals surface area contributed by atoms with Gasteiger partial charge in [0.1, 0.15) is 0 Å². The molecule has 0 amide bonds. The summed E-state index contributed by atoms with van der Waals surface area (Å²) >= 11 is 6.37. The van der Waals surface area contributed by atoms with Gasteiger partial charge in [-0.3, -0.25) is 0 Å². The van der Waals surface area contributed by atoms with Crippen LogP contribution >= 0.6 is 24.4 Å². The Balaban J connectivity index is 2.42. The summed E-state index contributed by atoms with van der Waals surface area (Å²) < 4.78 is 0. The maximum Gasteiger partial charge on any atom is 0.0187 e. The number of rotatable bonds is 5. The molecule has 0 heterocycles. The molecule has 1 aromatic carbocycles. The van der Waals surface area contributed by atoms with Crippen molar-refractivity contribution in [3.05, 3.63) is 35.4 Å². The zero-order valence-electron chi connectivity index (χ0n) is 9.79. The quantitative estimate of drug-likeness (QED) is 0.753. The van der Waals surface area contributed by atoms with Crippen molar-refractivity contribution in [1.29, 1.82) is 0 Å². The van der Waals surface area contributed by atoms with E-state index in [4.69, 9.17) is 0 Å². The fraction of sp³-hybridized carbons (Fsp3) is 0.538. The molecule has 0 aliphatic carbocycles. The van der Waals surface area contributed by atoms with Gasteiger partial charge in [-0.15, -0.1) is 0 Å². The Kier molecular flexibility index (Phi) is 5.07. The van der Waals surface area contributed by atoms with Crippen molar-refractivity contribution in [3.8, 4) is 0 Å². The van der Waals surface area contributed by atoms with Crippen molar-refractivity contribution in [1.82, 2.24) is 0 Å². The number of hydrogen-bond acceptors (Lipinski definition) is 2. The Labute approximate surface area is 103 Å². The molecule has 0 saturated carbocycles. The summed E-state index contributed by atoms with van der Waals surface area (Å²) in [5.74, 6) is 3.24. The highest BCUT2D eigenvalue weighted by atomic mass is 32.2. The van der Waals surface area contributed by atoms with Crippen molar-refractivity contribution in [2.75, 3.05) is 11.5 Å². The Hall–Kier alpha value is -0.0800. The highest BCUT2D eigenvalue weighted by Gasteiger charge is 2.15. The standard InChI is InChI=1S/C13H20S2/c1-11-6-4-5-7-12(11)8-15-10-13(2,3)9-14/h4-7,14H,8-10H2,1-3H3. The Morgan fingerprint density at radius 1 is 1.27 bits per heavy atom. The van der Waals surface area contributed by atoms with Crippen molar-refractivity contribution in [3.63, 3.8) is 0 Å². The molecule has 0 bridgehead atoms. The van der Waals surface area contributed by atoms with Crippen molar-refractivity contribution in [2.24, 2.45) is 5.41 Å². The van der Waals surface area contributed by atoms with Crippen molar-refractivity contribution < 1.29 is 0 Å². The van der Waals surface area contributed by atoms with E-state index in [9.17, 15) is 0 Å². The molecule has 0 fully saturated rings. The van der Waals surface area contributed by atoms with Gasteiger partial charge in [0, 0.05) is 5.75 Å². The predicted molar refractivity (Wildman–Crippen MR) is 75.0 cm³/mol. The molecule has 2 heteroatoms. The lowest BCUT2D eigenvalue weighted by Gasteiger charge is -2.21. The molecule has 0 saturated heterocycles. The molecule has 0 N–H and O–H groups in total. The van der Waals surface area contributed by atoms with Crippen LogP contribution in [-0.4, -0.2) is 11.5 Å². The van der Waals surface area contributed by atoms with Gasteiger partial charge in [-0.25, -0.2) is 0 Å². The van der Waals surface area contributed by atoms with E-state index < -0.39 is 0 Å². The van der Waals surface area contributed by atoms with Crippen LogP contribution in [0.1, 0.15) is 25.0 Å². The van der Waals surface area contributed by atoms with E-state index in [1.165, 1.54) is 16.9 Å². The van der Waals surface area contributed by atoms with Gasteiger partial charge in [-0.05, 0) is 35.0 Å². The minimum absolute atomic E-state index is 0.344. The smallest absolute Gasteiger partial charge is 0.0187 e. The molecule has 0 aliphatic rings. The van der Waals surface area contributed by atoms with Gasteiger partial charge in [0.25, 0.3) is 0 Å². The van der Waals surface area contributed by atoms with E-state index >= 15 is 0 Å². The van der Waals surface area contributed by atoms with Crippen LogP contribution < -0.4 is 0 Å². The average molecular weight is 240 g/mol. The second kappa shape index (κ2) is 5.86. The normalized spacial score (nSPS) is 11.7. The van der Waals surface area contributed by atoms with Crippen LogP contribution in [0, 0.1) is 12.3 Å². The Morgan fingerprint density at radius 3 is 2.53 bits per heavy atom. The number of thiol groups is 1. The summed E-state index contributed by atoms with van der Waals surface area (Å²) in [6.45, 7) is 6.72. The molecular weight excluding hydrogens is 220 g/mol. The van der Waals surface area contributed by atoms with Crippen molar-refractivity contribution in [2.45, 2.75) is 26.5 Å². The van der Waals surface area contributed by atoms with Gasteiger partial charge in [-0.1, -0.05) is 38.1 Å². The van der Waals surface area contributed by atoms with Crippen LogP contribution in [0.3, 0.4) is 0 Å². The summed E-state index contributed by atoms with van der Waals surface area (Å²) in [5.41, 5.74) is 3.20. The van der Waals surface area contributed by atoms with Crippen LogP contribution in [0.5, 0.6) is 0 Å². The first kappa shape index (κ1) is 13.0. The van der Waals surface area contributed by atoms with Gasteiger partial charge < -0.3 is 0 Å². The van der Waals surface area contributed by atoms with Gasteiger partial charge in [0.2, 0.25) is 0 Å². The van der Waals surface area contributed by atoms with E-state index in [0.29, 0.717) is 5.41 Å². The van der Waals surface area contributed by atoms with Gasteiger partial charge >= 0.3 is 0 Å². The minimum Gasteiger partial charge on any atom is -0.179 e. The molecule has 1 rings (SSSR count). The number of aryl methyl sites for hydroxylation is 1. The number of hydrogen-bond donors (Lipinski definition) is 1.